The van der Waals surface area contributed by atoms with Crippen molar-refractivity contribution in [2.24, 2.45) is 27.0 Å². The minimum atomic E-state index is -1.15. The highest BCUT2D eigenvalue weighted by Crippen LogP contribution is 2.68. The minimum Gasteiger partial charge on any atom is -0.296 e. The topological polar surface area (TPSA) is 128 Å². The summed E-state index contributed by atoms with van der Waals surface area (Å²) in [6.07, 6.45) is 1.93. The van der Waals surface area contributed by atoms with Crippen molar-refractivity contribution in [1.82, 2.24) is 0 Å². The number of non-ortho nitro benzene ring substituents is 1. The Balaban J connectivity index is 1.84. The van der Waals surface area contributed by atoms with E-state index >= 15 is 0 Å². The Morgan fingerprint density at radius 3 is 2.28 bits per heavy atom. The first-order chi connectivity index (χ1) is 15.0. The number of benzene rings is 2. The summed E-state index contributed by atoms with van der Waals surface area (Å²) >= 11 is 0. The van der Waals surface area contributed by atoms with Gasteiger partial charge >= 0.3 is 5.69 Å². The van der Waals surface area contributed by atoms with Gasteiger partial charge in [0.15, 0.2) is 11.5 Å². The molecule has 3 atom stereocenters. The van der Waals surface area contributed by atoms with Gasteiger partial charge in [0.25, 0.3) is 5.69 Å². The Morgan fingerprint density at radius 1 is 1.03 bits per heavy atom. The van der Waals surface area contributed by atoms with Gasteiger partial charge in [0.2, 0.25) is 0 Å². The van der Waals surface area contributed by atoms with Crippen molar-refractivity contribution in [2.75, 3.05) is 0 Å². The number of Topliss-reactive ketones (excluding diaryl/α,β-unsaturated/α-hetero) is 1. The molecule has 9 heteroatoms. The summed E-state index contributed by atoms with van der Waals surface area (Å²) < 4.78 is 0. The summed E-state index contributed by atoms with van der Waals surface area (Å²) in [7, 11) is 0. The third-order valence-corrected chi connectivity index (χ3v) is 7.72. The zero-order valence-electron chi connectivity index (χ0n) is 18.1. The van der Waals surface area contributed by atoms with Gasteiger partial charge in [-0.1, -0.05) is 51.1 Å². The molecule has 9 nitrogen and oxygen atoms in total. The molecule has 2 aliphatic carbocycles. The Kier molecular flexibility index (Phi) is 4.95. The average molecular weight is 436 g/mol. The standard InChI is InChI=1S/C23H24N4O5/c1-21(2)19-11-12-22(21,3)20(28)23(19,14-15-7-5-4-6-8-15)25-24-17-10-9-16(26(29)30)13-18(17)27(31)32/h4-10,13,19H,11-12,14H2,1-3H3. The summed E-state index contributed by atoms with van der Waals surface area (Å²) in [5.41, 5.74) is -2.10. The molecule has 32 heavy (non-hydrogen) atoms. The minimum absolute atomic E-state index is 0.00316. The van der Waals surface area contributed by atoms with E-state index in [2.05, 4.69) is 24.1 Å². The van der Waals surface area contributed by atoms with Crippen molar-refractivity contribution in [3.05, 3.63) is 74.3 Å². The number of azo groups is 1. The van der Waals surface area contributed by atoms with Crippen LogP contribution in [0.3, 0.4) is 0 Å². The predicted molar refractivity (Wildman–Crippen MR) is 117 cm³/mol. The number of hydrogen-bond acceptors (Lipinski definition) is 7. The van der Waals surface area contributed by atoms with Crippen molar-refractivity contribution in [1.29, 1.82) is 0 Å². The van der Waals surface area contributed by atoms with E-state index < -0.39 is 32.2 Å². The summed E-state index contributed by atoms with van der Waals surface area (Å²) in [4.78, 5) is 35.0. The maximum atomic E-state index is 13.8. The highest BCUT2D eigenvalue weighted by atomic mass is 16.6. The van der Waals surface area contributed by atoms with E-state index in [1.807, 2.05) is 37.3 Å². The quantitative estimate of drug-likeness (QED) is 0.331. The van der Waals surface area contributed by atoms with Crippen LogP contribution in [-0.4, -0.2) is 21.2 Å². The number of rotatable bonds is 6. The molecule has 0 N–H and O–H groups in total. The second kappa shape index (κ2) is 7.29. The maximum Gasteiger partial charge on any atom is 0.303 e. The SMILES string of the molecule is CC12CCC(C(Cc3ccccc3)(N=Nc3ccc([N+](=O)[O-])cc3[N+](=O)[O-])C1=O)C2(C)C. The van der Waals surface area contributed by atoms with Crippen LogP contribution in [0.15, 0.2) is 58.8 Å². The average Bonchev–Trinajstić information content (AvgIpc) is 3.06. The van der Waals surface area contributed by atoms with Gasteiger partial charge in [0.1, 0.15) is 5.54 Å². The third-order valence-electron chi connectivity index (χ3n) is 7.72. The highest BCUT2D eigenvalue weighted by molar-refractivity contribution is 5.98. The lowest BCUT2D eigenvalue weighted by Gasteiger charge is -2.33. The molecule has 0 aliphatic heterocycles. The number of nitro groups is 2. The zero-order chi connectivity index (χ0) is 23.3. The van der Waals surface area contributed by atoms with Crippen LogP contribution in [0.1, 0.15) is 39.2 Å². The van der Waals surface area contributed by atoms with Crippen molar-refractivity contribution in [3.63, 3.8) is 0 Å². The molecule has 0 aromatic heterocycles. The number of carbonyl (C=O) groups is 1. The number of nitrogens with zero attached hydrogens (tertiary/aromatic N) is 4. The highest BCUT2D eigenvalue weighted by Gasteiger charge is 2.73. The van der Waals surface area contributed by atoms with Gasteiger partial charge in [-0.25, -0.2) is 0 Å². The van der Waals surface area contributed by atoms with E-state index in [1.54, 1.807) is 0 Å². The van der Waals surface area contributed by atoms with Gasteiger partial charge in [0.05, 0.1) is 15.9 Å². The number of hydrogen-bond donors (Lipinski definition) is 0. The second-order valence-corrected chi connectivity index (χ2v) is 9.45. The van der Waals surface area contributed by atoms with Gasteiger partial charge in [0, 0.05) is 17.9 Å². The van der Waals surface area contributed by atoms with Crippen LogP contribution in [0.2, 0.25) is 0 Å². The molecule has 3 unspecified atom stereocenters. The zero-order valence-corrected chi connectivity index (χ0v) is 18.1. The van der Waals surface area contributed by atoms with Crippen LogP contribution in [0, 0.1) is 37.0 Å². The van der Waals surface area contributed by atoms with Crippen molar-refractivity contribution in [3.8, 4) is 0 Å². The van der Waals surface area contributed by atoms with Crippen LogP contribution < -0.4 is 0 Å². The molecule has 0 saturated heterocycles. The fourth-order valence-electron chi connectivity index (χ4n) is 5.64. The lowest BCUT2D eigenvalue weighted by atomic mass is 9.70. The summed E-state index contributed by atoms with van der Waals surface area (Å²) in [6.45, 7) is 6.14. The maximum absolute atomic E-state index is 13.8. The molecule has 2 aliphatic rings. The molecule has 2 saturated carbocycles. The molecule has 4 rings (SSSR count). The number of ketones is 1. The fourth-order valence-corrected chi connectivity index (χ4v) is 5.64. The monoisotopic (exact) mass is 436 g/mol. The summed E-state index contributed by atoms with van der Waals surface area (Å²) in [5, 5.41) is 31.3. The lowest BCUT2D eigenvalue weighted by molar-refractivity contribution is -0.393. The van der Waals surface area contributed by atoms with Gasteiger partial charge < -0.3 is 0 Å². The molecule has 166 valence electrons. The first-order valence-corrected chi connectivity index (χ1v) is 10.5. The van der Waals surface area contributed by atoms with Crippen LogP contribution in [0.25, 0.3) is 0 Å². The van der Waals surface area contributed by atoms with E-state index in [-0.39, 0.29) is 22.8 Å². The Labute approximate surface area is 184 Å². The van der Waals surface area contributed by atoms with E-state index in [0.29, 0.717) is 6.42 Å². The smallest absolute Gasteiger partial charge is 0.296 e. The molecule has 0 amide bonds. The molecular formula is C23H24N4O5. The number of carbonyl (C=O) groups excluding carboxylic acids is 1. The van der Waals surface area contributed by atoms with Gasteiger partial charge in [-0.2, -0.15) is 5.11 Å². The molecule has 2 bridgehead atoms. The molecule has 2 aromatic carbocycles. The number of nitro benzene ring substituents is 2. The van der Waals surface area contributed by atoms with Crippen LogP contribution >= 0.6 is 0 Å². The van der Waals surface area contributed by atoms with E-state index in [9.17, 15) is 25.0 Å². The largest absolute Gasteiger partial charge is 0.303 e. The lowest BCUT2D eigenvalue weighted by Crippen LogP contribution is -2.46. The molecular weight excluding hydrogens is 412 g/mol. The molecule has 0 heterocycles. The van der Waals surface area contributed by atoms with Crippen molar-refractivity contribution in [2.45, 2.75) is 45.6 Å². The normalized spacial score (nSPS) is 28.3. The summed E-state index contributed by atoms with van der Waals surface area (Å²) in [6, 6.07) is 12.8. The van der Waals surface area contributed by atoms with Crippen LogP contribution in [0.4, 0.5) is 17.1 Å². The molecule has 0 spiro atoms. The number of fused-ring (bicyclic) bond motifs is 2. The van der Waals surface area contributed by atoms with E-state index in [4.69, 9.17) is 0 Å². The van der Waals surface area contributed by atoms with Gasteiger partial charge in [-0.15, -0.1) is 5.11 Å². The van der Waals surface area contributed by atoms with E-state index in [1.165, 1.54) is 6.07 Å². The molecule has 2 fully saturated rings. The van der Waals surface area contributed by atoms with Crippen molar-refractivity contribution >= 4 is 22.8 Å². The fraction of sp³-hybridized carbons (Fsp3) is 0.435. The van der Waals surface area contributed by atoms with Crippen LogP contribution in [0.5, 0.6) is 0 Å². The first-order valence-electron chi connectivity index (χ1n) is 10.5. The van der Waals surface area contributed by atoms with Gasteiger partial charge in [-0.3, -0.25) is 25.0 Å². The predicted octanol–water partition coefficient (Wildman–Crippen LogP) is 5.59. The Hall–Kier alpha value is -3.49. The third kappa shape index (κ3) is 3.03. The van der Waals surface area contributed by atoms with E-state index in [0.717, 1.165) is 30.5 Å². The van der Waals surface area contributed by atoms with Crippen LogP contribution in [-0.2, 0) is 11.2 Å². The summed E-state index contributed by atoms with van der Waals surface area (Å²) in [5.74, 6) is -0.0722. The second-order valence-electron chi connectivity index (χ2n) is 9.45. The Morgan fingerprint density at radius 2 is 1.72 bits per heavy atom. The molecule has 0 radical (unpaired) electrons. The van der Waals surface area contributed by atoms with Gasteiger partial charge in [-0.05, 0) is 35.8 Å². The Bertz CT molecular complexity index is 1150. The first kappa shape index (κ1) is 21.7. The molecule has 2 aromatic rings. The van der Waals surface area contributed by atoms with Crippen molar-refractivity contribution < 1.29 is 14.6 Å².